The number of hydrogen-bond donors (Lipinski definition) is 1. The Morgan fingerprint density at radius 1 is 1.29 bits per heavy atom. The SMILES string of the molecule is Cn1c(N2C[C@@H]3CC2CN3C(=O)O)nc(-c2ccncn2)cc1=O. The third-order valence-electron chi connectivity index (χ3n) is 4.70. The Balaban J connectivity index is 1.71. The molecule has 0 aliphatic carbocycles. The summed E-state index contributed by atoms with van der Waals surface area (Å²) < 4.78 is 1.50. The zero-order chi connectivity index (χ0) is 16.8. The second kappa shape index (κ2) is 5.29. The van der Waals surface area contributed by atoms with Crippen LogP contribution in [-0.4, -0.2) is 60.8 Å². The highest BCUT2D eigenvalue weighted by Crippen LogP contribution is 2.33. The molecular formula is C15H16N6O3. The van der Waals surface area contributed by atoms with Gasteiger partial charge in [-0.3, -0.25) is 9.36 Å². The van der Waals surface area contributed by atoms with Crippen molar-refractivity contribution in [3.8, 4) is 11.4 Å². The average Bonchev–Trinajstić information content (AvgIpc) is 3.18. The van der Waals surface area contributed by atoms with Crippen LogP contribution in [0.15, 0.2) is 29.5 Å². The van der Waals surface area contributed by atoms with E-state index in [1.807, 2.05) is 4.90 Å². The summed E-state index contributed by atoms with van der Waals surface area (Å²) >= 11 is 0. The van der Waals surface area contributed by atoms with Gasteiger partial charge in [-0.2, -0.15) is 0 Å². The highest BCUT2D eigenvalue weighted by molar-refractivity contribution is 5.67. The van der Waals surface area contributed by atoms with Gasteiger partial charge in [0.2, 0.25) is 5.95 Å². The fraction of sp³-hybridized carbons (Fsp3) is 0.400. The summed E-state index contributed by atoms with van der Waals surface area (Å²) in [7, 11) is 1.68. The normalized spacial score (nSPS) is 22.2. The van der Waals surface area contributed by atoms with Crippen LogP contribution in [0.2, 0.25) is 0 Å². The highest BCUT2D eigenvalue weighted by atomic mass is 16.4. The number of aromatic nitrogens is 4. The second-order valence-corrected chi connectivity index (χ2v) is 6.06. The number of piperazine rings is 1. The molecule has 2 aliphatic heterocycles. The molecule has 2 fully saturated rings. The van der Waals surface area contributed by atoms with E-state index >= 15 is 0 Å². The van der Waals surface area contributed by atoms with Crippen molar-refractivity contribution < 1.29 is 9.90 Å². The van der Waals surface area contributed by atoms with Crippen LogP contribution in [0.3, 0.4) is 0 Å². The Labute approximate surface area is 137 Å². The monoisotopic (exact) mass is 328 g/mol. The van der Waals surface area contributed by atoms with Crippen LogP contribution >= 0.6 is 0 Å². The number of amides is 1. The molecule has 2 bridgehead atoms. The lowest BCUT2D eigenvalue weighted by Gasteiger charge is -2.34. The van der Waals surface area contributed by atoms with E-state index in [0.29, 0.717) is 30.4 Å². The molecule has 9 nitrogen and oxygen atoms in total. The quantitative estimate of drug-likeness (QED) is 0.838. The first-order valence-corrected chi connectivity index (χ1v) is 7.65. The van der Waals surface area contributed by atoms with E-state index in [-0.39, 0.29) is 17.6 Å². The molecule has 2 atom stereocenters. The molecule has 2 aromatic heterocycles. The van der Waals surface area contributed by atoms with Gasteiger partial charge < -0.3 is 14.9 Å². The lowest BCUT2D eigenvalue weighted by molar-refractivity contribution is 0.137. The van der Waals surface area contributed by atoms with Crippen molar-refractivity contribution >= 4 is 12.0 Å². The first-order valence-electron chi connectivity index (χ1n) is 7.65. The van der Waals surface area contributed by atoms with Gasteiger partial charge in [0.15, 0.2) is 0 Å². The lowest BCUT2D eigenvalue weighted by atomic mass is 10.2. The summed E-state index contributed by atoms with van der Waals surface area (Å²) in [5.74, 6) is 0.550. The minimum absolute atomic E-state index is 0.0462. The third kappa shape index (κ3) is 2.20. The second-order valence-electron chi connectivity index (χ2n) is 6.06. The van der Waals surface area contributed by atoms with Crippen LogP contribution in [0, 0.1) is 0 Å². The molecule has 2 saturated heterocycles. The van der Waals surface area contributed by atoms with E-state index in [2.05, 4.69) is 15.0 Å². The molecule has 4 heterocycles. The van der Waals surface area contributed by atoms with E-state index in [0.717, 1.165) is 6.42 Å². The predicted molar refractivity (Wildman–Crippen MR) is 84.8 cm³/mol. The van der Waals surface area contributed by atoms with Crippen LogP contribution in [-0.2, 0) is 7.05 Å². The topological polar surface area (TPSA) is 104 Å². The molecule has 1 N–H and O–H groups in total. The first kappa shape index (κ1) is 14.6. The molecule has 2 aromatic rings. The smallest absolute Gasteiger partial charge is 0.407 e. The van der Waals surface area contributed by atoms with Crippen LogP contribution in [0.5, 0.6) is 0 Å². The number of hydrogen-bond acceptors (Lipinski definition) is 6. The van der Waals surface area contributed by atoms with Crippen LogP contribution in [0.25, 0.3) is 11.4 Å². The number of anilines is 1. The molecule has 4 rings (SSSR count). The van der Waals surface area contributed by atoms with Gasteiger partial charge >= 0.3 is 6.09 Å². The summed E-state index contributed by atoms with van der Waals surface area (Å²) in [6, 6.07) is 3.15. The van der Waals surface area contributed by atoms with Gasteiger partial charge in [0, 0.05) is 32.4 Å². The molecule has 0 spiro atoms. The van der Waals surface area contributed by atoms with Gasteiger partial charge in [-0.1, -0.05) is 0 Å². The minimum atomic E-state index is -0.890. The van der Waals surface area contributed by atoms with Crippen molar-refractivity contribution in [3.05, 3.63) is 35.0 Å². The molecule has 2 aliphatic rings. The zero-order valence-electron chi connectivity index (χ0n) is 13.0. The predicted octanol–water partition coefficient (Wildman–Crippen LogP) is 0.178. The van der Waals surface area contributed by atoms with Gasteiger partial charge in [0.25, 0.3) is 5.56 Å². The summed E-state index contributed by atoms with van der Waals surface area (Å²) in [4.78, 5) is 39.6. The van der Waals surface area contributed by atoms with Crippen molar-refractivity contribution in [2.24, 2.45) is 7.05 Å². The Bertz CT molecular complexity index is 852. The summed E-state index contributed by atoms with van der Waals surface area (Å²) in [5.41, 5.74) is 0.903. The number of nitrogens with zero attached hydrogens (tertiary/aromatic N) is 6. The van der Waals surface area contributed by atoms with E-state index in [9.17, 15) is 14.7 Å². The fourth-order valence-corrected chi connectivity index (χ4v) is 3.50. The van der Waals surface area contributed by atoms with E-state index in [4.69, 9.17) is 0 Å². The molecule has 0 saturated carbocycles. The maximum Gasteiger partial charge on any atom is 0.407 e. The summed E-state index contributed by atoms with van der Waals surface area (Å²) in [6.45, 7) is 0.984. The first-order chi connectivity index (χ1) is 11.5. The number of carbonyl (C=O) groups is 1. The highest BCUT2D eigenvalue weighted by Gasteiger charge is 2.46. The third-order valence-corrected chi connectivity index (χ3v) is 4.70. The summed E-state index contributed by atoms with van der Waals surface area (Å²) in [5, 5.41) is 9.21. The molecule has 124 valence electrons. The van der Waals surface area contributed by atoms with Crippen molar-refractivity contribution in [2.75, 3.05) is 18.0 Å². The molecule has 24 heavy (non-hydrogen) atoms. The van der Waals surface area contributed by atoms with Crippen molar-refractivity contribution in [1.82, 2.24) is 24.4 Å². The molecule has 0 aromatic carbocycles. The largest absolute Gasteiger partial charge is 0.465 e. The van der Waals surface area contributed by atoms with Crippen molar-refractivity contribution in [3.63, 3.8) is 0 Å². The van der Waals surface area contributed by atoms with Gasteiger partial charge in [0.05, 0.1) is 23.5 Å². The lowest BCUT2D eigenvalue weighted by Crippen LogP contribution is -2.49. The summed E-state index contributed by atoms with van der Waals surface area (Å²) in [6.07, 6.45) is 2.89. The molecular weight excluding hydrogens is 312 g/mol. The number of carboxylic acid groups (broad SMARTS) is 1. The van der Waals surface area contributed by atoms with Crippen molar-refractivity contribution in [2.45, 2.75) is 18.5 Å². The molecule has 0 radical (unpaired) electrons. The number of fused-ring (bicyclic) bond motifs is 2. The Kier molecular flexibility index (Phi) is 3.22. The van der Waals surface area contributed by atoms with Gasteiger partial charge in [-0.25, -0.2) is 19.7 Å². The van der Waals surface area contributed by atoms with E-state index in [1.54, 1.807) is 19.3 Å². The van der Waals surface area contributed by atoms with E-state index < -0.39 is 6.09 Å². The van der Waals surface area contributed by atoms with Gasteiger partial charge in [-0.15, -0.1) is 0 Å². The fourth-order valence-electron chi connectivity index (χ4n) is 3.50. The van der Waals surface area contributed by atoms with Crippen molar-refractivity contribution in [1.29, 1.82) is 0 Å². The maximum atomic E-state index is 12.3. The minimum Gasteiger partial charge on any atom is -0.465 e. The molecule has 9 heteroatoms. The van der Waals surface area contributed by atoms with E-state index in [1.165, 1.54) is 21.9 Å². The average molecular weight is 328 g/mol. The zero-order valence-corrected chi connectivity index (χ0v) is 13.0. The standard InChI is InChI=1S/C15H16N6O3/c1-19-13(22)5-12(11-2-3-16-8-17-11)18-14(19)20-6-10-4-9(20)7-21(10)15(23)24/h2-3,5,8-10H,4,6-7H2,1H3,(H,23,24)/t9?,10-/m0/s1. The van der Waals surface area contributed by atoms with Gasteiger partial charge in [-0.05, 0) is 12.5 Å². The Morgan fingerprint density at radius 2 is 2.12 bits per heavy atom. The maximum absolute atomic E-state index is 12.3. The Hall–Kier alpha value is -2.97. The van der Waals surface area contributed by atoms with Crippen LogP contribution < -0.4 is 10.5 Å². The van der Waals surface area contributed by atoms with Gasteiger partial charge in [0.1, 0.15) is 6.33 Å². The molecule has 1 unspecified atom stereocenters. The van der Waals surface area contributed by atoms with Crippen LogP contribution in [0.4, 0.5) is 10.7 Å². The number of rotatable bonds is 2. The molecule has 1 amide bonds. The Morgan fingerprint density at radius 3 is 2.75 bits per heavy atom. The van der Waals surface area contributed by atoms with Crippen LogP contribution in [0.1, 0.15) is 6.42 Å². The number of likely N-dealkylation sites (tertiary alicyclic amines) is 1.